The van der Waals surface area contributed by atoms with Crippen molar-refractivity contribution in [2.75, 3.05) is 13.2 Å². The van der Waals surface area contributed by atoms with Gasteiger partial charge in [0.15, 0.2) is 6.10 Å². The first-order valence-corrected chi connectivity index (χ1v) is 26.1. The third-order valence-corrected chi connectivity index (χ3v) is 10.9. The number of allylic oxidation sites excluding steroid dienone is 14. The number of hydrogen-bond acceptors (Lipinski definition) is 6. The van der Waals surface area contributed by atoms with Crippen molar-refractivity contribution in [2.45, 2.75) is 245 Å². The third-order valence-electron chi connectivity index (χ3n) is 10.9. The molecule has 0 saturated carbocycles. The van der Waals surface area contributed by atoms with Crippen LogP contribution < -0.4 is 0 Å². The van der Waals surface area contributed by atoms with Crippen LogP contribution in [0, 0.1) is 0 Å². The van der Waals surface area contributed by atoms with Crippen LogP contribution in [0.5, 0.6) is 0 Å². The first kappa shape index (κ1) is 59.6. The second kappa shape index (κ2) is 51.2. The van der Waals surface area contributed by atoms with Crippen molar-refractivity contribution in [3.05, 3.63) is 85.1 Å². The number of rotatable bonds is 46. The van der Waals surface area contributed by atoms with E-state index in [4.69, 9.17) is 14.2 Å². The predicted octanol–water partition coefficient (Wildman–Crippen LogP) is 17.2. The Morgan fingerprint density at radius 1 is 0.333 bits per heavy atom. The molecule has 0 N–H and O–H groups in total. The number of esters is 3. The van der Waals surface area contributed by atoms with Crippen LogP contribution >= 0.6 is 0 Å². The fraction of sp³-hybridized carbons (Fsp3) is 0.702. The highest BCUT2D eigenvalue weighted by Gasteiger charge is 2.19. The number of unbranched alkanes of at least 4 members (excludes halogenated alkanes) is 21. The average Bonchev–Trinajstić information content (AvgIpc) is 3.28. The Morgan fingerprint density at radius 3 is 1.03 bits per heavy atom. The maximum Gasteiger partial charge on any atom is 0.306 e. The molecule has 0 aromatic heterocycles. The average molecular weight is 877 g/mol. The highest BCUT2D eigenvalue weighted by molar-refractivity contribution is 5.71. The normalized spacial score (nSPS) is 12.7. The molecular weight excluding hydrogens is 781 g/mol. The van der Waals surface area contributed by atoms with E-state index in [1.54, 1.807) is 0 Å². The largest absolute Gasteiger partial charge is 0.462 e. The number of carbonyl (C=O) groups is 3. The maximum atomic E-state index is 12.8. The second-order valence-corrected chi connectivity index (χ2v) is 17.1. The molecule has 1 unspecified atom stereocenters. The topological polar surface area (TPSA) is 78.9 Å². The van der Waals surface area contributed by atoms with E-state index in [1.165, 1.54) is 96.3 Å². The second-order valence-electron chi connectivity index (χ2n) is 17.1. The molecule has 0 radical (unpaired) electrons. The van der Waals surface area contributed by atoms with Crippen LogP contribution in [0.4, 0.5) is 0 Å². The van der Waals surface area contributed by atoms with Crippen molar-refractivity contribution in [1.82, 2.24) is 0 Å². The summed E-state index contributed by atoms with van der Waals surface area (Å²) < 4.78 is 16.7. The van der Waals surface area contributed by atoms with E-state index in [-0.39, 0.29) is 37.5 Å². The Bertz CT molecular complexity index is 1240. The highest BCUT2D eigenvalue weighted by atomic mass is 16.6. The van der Waals surface area contributed by atoms with Crippen molar-refractivity contribution in [3.63, 3.8) is 0 Å². The van der Waals surface area contributed by atoms with E-state index in [1.807, 2.05) is 0 Å². The number of hydrogen-bond donors (Lipinski definition) is 0. The Hall–Kier alpha value is -3.41. The van der Waals surface area contributed by atoms with Crippen molar-refractivity contribution in [2.24, 2.45) is 0 Å². The summed E-state index contributed by atoms with van der Waals surface area (Å²) in [6.45, 7) is 6.44. The van der Waals surface area contributed by atoms with Crippen LogP contribution in [-0.4, -0.2) is 37.2 Å². The van der Waals surface area contributed by atoms with Gasteiger partial charge in [0.1, 0.15) is 13.2 Å². The number of ether oxygens (including phenoxy) is 3. The minimum absolute atomic E-state index is 0.0966. The molecule has 0 aliphatic carbocycles. The van der Waals surface area contributed by atoms with Gasteiger partial charge >= 0.3 is 17.9 Å². The van der Waals surface area contributed by atoms with E-state index < -0.39 is 6.10 Å². The molecule has 0 aliphatic heterocycles. The summed E-state index contributed by atoms with van der Waals surface area (Å²) in [6.07, 6.45) is 65.7. The third kappa shape index (κ3) is 49.5. The SMILES string of the molecule is CC/C=C\C/C=C\C/C=C\C/C=C\CCCCC(=O)OC(COC(=O)CCCCCCCC/C=C\C/C=C\C/C=C\CCCCC)COC(=O)CCCCCCCCCCCCC. The first-order valence-electron chi connectivity index (χ1n) is 26.1. The fourth-order valence-corrected chi connectivity index (χ4v) is 6.97. The zero-order valence-electron chi connectivity index (χ0n) is 41.1. The van der Waals surface area contributed by atoms with Gasteiger partial charge in [-0.25, -0.2) is 0 Å². The van der Waals surface area contributed by atoms with Gasteiger partial charge in [0.05, 0.1) is 0 Å². The van der Waals surface area contributed by atoms with Crippen LogP contribution in [0.2, 0.25) is 0 Å². The van der Waals surface area contributed by atoms with Crippen molar-refractivity contribution < 1.29 is 28.6 Å². The minimum atomic E-state index is -0.801. The van der Waals surface area contributed by atoms with Gasteiger partial charge in [-0.15, -0.1) is 0 Å². The summed E-state index contributed by atoms with van der Waals surface area (Å²) in [6, 6.07) is 0. The van der Waals surface area contributed by atoms with Crippen LogP contribution in [0.3, 0.4) is 0 Å². The lowest BCUT2D eigenvalue weighted by Gasteiger charge is -2.18. The molecule has 0 saturated heterocycles. The van der Waals surface area contributed by atoms with Gasteiger partial charge in [-0.2, -0.15) is 0 Å². The van der Waals surface area contributed by atoms with Gasteiger partial charge in [0, 0.05) is 19.3 Å². The zero-order chi connectivity index (χ0) is 45.8. The van der Waals surface area contributed by atoms with Gasteiger partial charge < -0.3 is 14.2 Å². The van der Waals surface area contributed by atoms with E-state index in [9.17, 15) is 14.4 Å². The van der Waals surface area contributed by atoms with E-state index in [0.29, 0.717) is 19.3 Å². The summed E-state index contributed by atoms with van der Waals surface area (Å²) in [5.41, 5.74) is 0. The van der Waals surface area contributed by atoms with Gasteiger partial charge in [0.25, 0.3) is 0 Å². The highest BCUT2D eigenvalue weighted by Crippen LogP contribution is 2.14. The quantitative estimate of drug-likeness (QED) is 0.0262. The van der Waals surface area contributed by atoms with Crippen molar-refractivity contribution in [1.29, 1.82) is 0 Å². The van der Waals surface area contributed by atoms with Gasteiger partial charge in [-0.3, -0.25) is 14.4 Å². The van der Waals surface area contributed by atoms with Crippen molar-refractivity contribution >= 4 is 17.9 Å². The van der Waals surface area contributed by atoms with Crippen LogP contribution in [0.15, 0.2) is 85.1 Å². The summed E-state index contributed by atoms with van der Waals surface area (Å²) in [5.74, 6) is -0.953. The molecule has 0 amide bonds. The minimum Gasteiger partial charge on any atom is -0.462 e. The number of carbonyl (C=O) groups excluding carboxylic acids is 3. The summed E-state index contributed by atoms with van der Waals surface area (Å²) >= 11 is 0. The van der Waals surface area contributed by atoms with E-state index in [2.05, 4.69) is 106 Å². The van der Waals surface area contributed by atoms with Crippen LogP contribution in [0.25, 0.3) is 0 Å². The predicted molar refractivity (Wildman–Crippen MR) is 270 cm³/mol. The molecule has 0 spiro atoms. The zero-order valence-corrected chi connectivity index (χ0v) is 41.1. The summed E-state index contributed by atoms with van der Waals surface area (Å²) in [5, 5.41) is 0. The molecule has 63 heavy (non-hydrogen) atoms. The van der Waals surface area contributed by atoms with Crippen LogP contribution in [-0.2, 0) is 28.6 Å². The lowest BCUT2D eigenvalue weighted by atomic mass is 10.1. The molecule has 0 rings (SSSR count). The molecule has 0 heterocycles. The maximum absolute atomic E-state index is 12.8. The molecule has 0 aromatic carbocycles. The Balaban J connectivity index is 4.44. The molecular formula is C57H96O6. The molecule has 1 atom stereocenters. The molecule has 6 heteroatoms. The van der Waals surface area contributed by atoms with Crippen LogP contribution in [0.1, 0.15) is 239 Å². The molecule has 0 fully saturated rings. The summed E-state index contributed by atoms with van der Waals surface area (Å²) in [7, 11) is 0. The molecule has 360 valence electrons. The molecule has 0 aromatic rings. The smallest absolute Gasteiger partial charge is 0.306 e. The van der Waals surface area contributed by atoms with Gasteiger partial charge in [-0.05, 0) is 96.3 Å². The summed E-state index contributed by atoms with van der Waals surface area (Å²) in [4.78, 5) is 37.9. The monoisotopic (exact) mass is 877 g/mol. The van der Waals surface area contributed by atoms with E-state index >= 15 is 0 Å². The lowest BCUT2D eigenvalue weighted by Crippen LogP contribution is -2.30. The van der Waals surface area contributed by atoms with Crippen molar-refractivity contribution in [3.8, 4) is 0 Å². The first-order chi connectivity index (χ1) is 31.0. The fourth-order valence-electron chi connectivity index (χ4n) is 6.97. The van der Waals surface area contributed by atoms with E-state index in [0.717, 1.165) is 96.3 Å². The van der Waals surface area contributed by atoms with Gasteiger partial charge in [0.2, 0.25) is 0 Å². The van der Waals surface area contributed by atoms with Gasteiger partial charge in [-0.1, -0.05) is 209 Å². The standard InChI is InChI=1S/C57H96O6/c1-4-7-10-13-16-19-22-24-26-27-28-29-31-32-35-38-41-44-47-50-56(59)62-53-54(52-61-55(58)49-46-43-40-37-34-21-18-15-12-9-6-3)63-57(60)51-48-45-42-39-36-33-30-25-23-20-17-14-11-8-5-2/h8,11,16-17,19-20,24-26,28-30,36,39,54H,4-7,9-10,12-15,18,21-23,27,31-35,37-38,40-53H2,1-3H3/b11-8-,19-16-,20-17-,26-24-,29-28-,30-25-,39-36-. The Labute approximate surface area is 388 Å². The Kier molecular flexibility index (Phi) is 48.5. The Morgan fingerprint density at radius 2 is 0.619 bits per heavy atom. The molecule has 0 aliphatic rings. The molecule has 6 nitrogen and oxygen atoms in total. The molecule has 0 bridgehead atoms. The lowest BCUT2D eigenvalue weighted by molar-refractivity contribution is -0.167.